The maximum absolute atomic E-state index is 12.7. The highest BCUT2D eigenvalue weighted by molar-refractivity contribution is 7.99. The number of benzene rings is 2. The van der Waals surface area contributed by atoms with Gasteiger partial charge < -0.3 is 18.9 Å². The van der Waals surface area contributed by atoms with Gasteiger partial charge >= 0.3 is 12.3 Å². The van der Waals surface area contributed by atoms with Crippen LogP contribution < -0.4 is 9.47 Å². The molecule has 0 aliphatic rings. The zero-order valence-electron chi connectivity index (χ0n) is 30.0. The van der Waals surface area contributed by atoms with E-state index in [9.17, 15) is 9.59 Å². The summed E-state index contributed by atoms with van der Waals surface area (Å²) in [6.45, 7) is 30.0. The van der Waals surface area contributed by atoms with Crippen LogP contribution in [0, 0.1) is 13.8 Å². The maximum atomic E-state index is 12.7. The molecular weight excluding hydrogens is 572 g/mol. The maximum Gasteiger partial charge on any atom is 0.514 e. The molecule has 0 fully saturated rings. The molecule has 2 aromatic rings. The molecule has 0 spiro atoms. The van der Waals surface area contributed by atoms with E-state index in [1.165, 1.54) is 11.1 Å². The van der Waals surface area contributed by atoms with Gasteiger partial charge in [-0.25, -0.2) is 9.59 Å². The molecule has 0 bridgehead atoms. The summed E-state index contributed by atoms with van der Waals surface area (Å²) in [5.41, 5.74) is 4.36. The van der Waals surface area contributed by atoms with Crippen molar-refractivity contribution in [1.29, 1.82) is 0 Å². The highest BCUT2D eigenvalue weighted by Gasteiger charge is 2.31. The third-order valence-corrected chi connectivity index (χ3v) is 8.24. The van der Waals surface area contributed by atoms with Crippen LogP contribution in [-0.4, -0.2) is 35.0 Å². The Morgan fingerprint density at radius 1 is 0.659 bits per heavy atom. The van der Waals surface area contributed by atoms with Crippen LogP contribution in [0.5, 0.6) is 11.5 Å². The number of carbonyl (C=O) groups is 2. The van der Waals surface area contributed by atoms with Gasteiger partial charge in [0.2, 0.25) is 0 Å². The fourth-order valence-electron chi connectivity index (χ4n) is 5.06. The van der Waals surface area contributed by atoms with Gasteiger partial charge in [-0.05, 0) is 113 Å². The number of thioether (sulfide) groups is 1. The van der Waals surface area contributed by atoms with E-state index in [2.05, 4.69) is 80.7 Å². The first-order valence-electron chi connectivity index (χ1n) is 15.5. The third-order valence-electron chi connectivity index (χ3n) is 7.24. The van der Waals surface area contributed by atoms with E-state index in [-0.39, 0.29) is 16.7 Å². The molecule has 2 rings (SSSR count). The van der Waals surface area contributed by atoms with Crippen molar-refractivity contribution in [2.75, 3.05) is 6.26 Å². The number of hydrogen-bond acceptors (Lipinski definition) is 7. The number of carbonyl (C=O) groups excluding carboxylic acids is 2. The number of ether oxygens (including phenoxy) is 4. The molecule has 6 nitrogen and oxygen atoms in total. The normalized spacial score (nSPS) is 13.5. The van der Waals surface area contributed by atoms with Crippen LogP contribution in [0.2, 0.25) is 0 Å². The predicted molar refractivity (Wildman–Crippen MR) is 183 cm³/mol. The Morgan fingerprint density at radius 2 is 1.00 bits per heavy atom. The zero-order valence-corrected chi connectivity index (χ0v) is 30.8. The van der Waals surface area contributed by atoms with E-state index in [4.69, 9.17) is 18.9 Å². The summed E-state index contributed by atoms with van der Waals surface area (Å²) in [4.78, 5) is 25.4. The Hall–Kier alpha value is -2.67. The Morgan fingerprint density at radius 3 is 1.27 bits per heavy atom. The minimum Gasteiger partial charge on any atom is -0.428 e. The van der Waals surface area contributed by atoms with Crippen molar-refractivity contribution < 1.29 is 28.5 Å². The van der Waals surface area contributed by atoms with Gasteiger partial charge in [0.05, 0.1) is 0 Å². The monoisotopic (exact) mass is 628 g/mol. The van der Waals surface area contributed by atoms with Crippen molar-refractivity contribution >= 4 is 24.1 Å². The number of rotatable bonds is 7. The molecule has 1 atom stereocenters. The van der Waals surface area contributed by atoms with Crippen molar-refractivity contribution in [2.45, 2.75) is 143 Å². The summed E-state index contributed by atoms with van der Waals surface area (Å²) in [7, 11) is 0. The van der Waals surface area contributed by atoms with Crippen molar-refractivity contribution in [2.24, 2.45) is 0 Å². The van der Waals surface area contributed by atoms with Crippen molar-refractivity contribution in [3.63, 3.8) is 0 Å². The Balaban J connectivity index is 2.79. The van der Waals surface area contributed by atoms with Gasteiger partial charge in [-0.15, -0.1) is 0 Å². The molecule has 7 heteroatoms. The van der Waals surface area contributed by atoms with Crippen LogP contribution >= 0.6 is 11.8 Å². The molecule has 0 saturated heterocycles. The van der Waals surface area contributed by atoms with E-state index in [0.29, 0.717) is 16.7 Å². The van der Waals surface area contributed by atoms with Gasteiger partial charge in [-0.2, -0.15) is 11.8 Å². The minimum absolute atomic E-state index is 0.0470. The van der Waals surface area contributed by atoms with Gasteiger partial charge in [0.25, 0.3) is 0 Å². The van der Waals surface area contributed by atoms with E-state index in [0.717, 1.165) is 28.7 Å². The van der Waals surface area contributed by atoms with E-state index < -0.39 is 23.5 Å². The van der Waals surface area contributed by atoms with Crippen LogP contribution in [0.4, 0.5) is 9.59 Å². The molecule has 0 N–H and O–H groups in total. The average Bonchev–Trinajstić information content (AvgIpc) is 2.79. The first kappa shape index (κ1) is 37.5. The second-order valence-electron chi connectivity index (χ2n) is 15.9. The minimum atomic E-state index is -0.714. The van der Waals surface area contributed by atoms with Crippen molar-refractivity contribution in [1.82, 2.24) is 0 Å². The highest BCUT2D eigenvalue weighted by atomic mass is 32.2. The topological polar surface area (TPSA) is 71.1 Å². The first-order valence-corrected chi connectivity index (χ1v) is 16.8. The van der Waals surface area contributed by atoms with Crippen molar-refractivity contribution in [3.8, 4) is 11.5 Å². The van der Waals surface area contributed by atoms with Crippen LogP contribution in [0.3, 0.4) is 0 Å². The van der Waals surface area contributed by atoms with E-state index in [1.807, 2.05) is 65.4 Å². The average molecular weight is 629 g/mol. The lowest BCUT2D eigenvalue weighted by molar-refractivity contribution is 0.0189. The molecular formula is C37H56O6S. The Kier molecular flexibility index (Phi) is 11.7. The molecule has 0 aliphatic carbocycles. The molecule has 2 aromatic carbocycles. The molecule has 0 radical (unpaired) electrons. The summed E-state index contributed by atoms with van der Waals surface area (Å²) < 4.78 is 22.6. The molecule has 0 aliphatic heterocycles. The van der Waals surface area contributed by atoms with Crippen LogP contribution in [-0.2, 0) is 20.3 Å². The summed E-state index contributed by atoms with van der Waals surface area (Å²) in [6, 6.07) is 8.34. The lowest BCUT2D eigenvalue weighted by Crippen LogP contribution is -2.27. The molecule has 1 unspecified atom stereocenters. The second-order valence-corrected chi connectivity index (χ2v) is 17.2. The Bertz CT molecular complexity index is 1230. The van der Waals surface area contributed by atoms with E-state index >= 15 is 0 Å². The fourth-order valence-corrected chi connectivity index (χ4v) is 5.44. The summed E-state index contributed by atoms with van der Waals surface area (Å²) in [5.74, 6) is 1.07. The van der Waals surface area contributed by atoms with Gasteiger partial charge in [-0.3, -0.25) is 0 Å². The quantitative estimate of drug-likeness (QED) is 0.223. The van der Waals surface area contributed by atoms with Gasteiger partial charge in [-0.1, -0.05) is 60.6 Å². The SMILES string of the molecule is CSC(C)CC(c1cc(C(C)(C)C)c(OC(=O)OC(C)(C)C)cc1C)c1cc(C(C)(C)C)c(OC(=O)OC(C)(C)C)cc1C. The van der Waals surface area contributed by atoms with E-state index in [1.54, 1.807) is 0 Å². The number of hydrogen-bond donors (Lipinski definition) is 0. The summed E-state index contributed by atoms with van der Waals surface area (Å²) in [5, 5.41) is 0.380. The molecule has 0 aromatic heterocycles. The number of aryl methyl sites for hydroxylation is 2. The third kappa shape index (κ3) is 10.7. The van der Waals surface area contributed by atoms with Crippen LogP contribution in [0.1, 0.15) is 136 Å². The standard InChI is InChI=1S/C37H56O6S/c1-22-17-30(40-32(38)42-36(10,11)12)28(34(4,5)6)20-25(22)27(19-24(3)44-16)26-21-29(35(7,8)9)31(18-23(26)2)41-33(39)43-37(13,14)15/h17-18,20-21,24,27H,19H2,1-16H3. The highest BCUT2D eigenvalue weighted by Crippen LogP contribution is 2.44. The molecule has 246 valence electrons. The summed E-state index contributed by atoms with van der Waals surface area (Å²) >= 11 is 1.84. The smallest absolute Gasteiger partial charge is 0.428 e. The lowest BCUT2D eigenvalue weighted by atomic mass is 9.76. The second kappa shape index (κ2) is 13.8. The van der Waals surface area contributed by atoms with Gasteiger partial charge in [0.15, 0.2) is 0 Å². The fraction of sp³-hybridized carbons (Fsp3) is 0.622. The predicted octanol–water partition coefficient (Wildman–Crippen LogP) is 10.8. The van der Waals surface area contributed by atoms with Gasteiger partial charge in [0.1, 0.15) is 22.7 Å². The van der Waals surface area contributed by atoms with Gasteiger partial charge in [0, 0.05) is 22.3 Å². The molecule has 0 saturated carbocycles. The van der Waals surface area contributed by atoms with Crippen molar-refractivity contribution in [3.05, 3.63) is 57.6 Å². The largest absolute Gasteiger partial charge is 0.514 e. The van der Waals surface area contributed by atoms with Crippen LogP contribution in [0.25, 0.3) is 0 Å². The molecule has 0 amide bonds. The zero-order chi connectivity index (χ0) is 34.0. The molecule has 0 heterocycles. The summed E-state index contributed by atoms with van der Waals surface area (Å²) in [6.07, 6.45) is 1.61. The molecule has 44 heavy (non-hydrogen) atoms. The van der Waals surface area contributed by atoms with Crippen LogP contribution in [0.15, 0.2) is 24.3 Å². The Labute approximate surface area is 271 Å². The lowest BCUT2D eigenvalue weighted by Gasteiger charge is -2.31. The first-order chi connectivity index (χ1) is 19.8.